The van der Waals surface area contributed by atoms with E-state index >= 15 is 0 Å². The number of carbonyl (C=O) groups excluding carboxylic acids is 2. The van der Waals surface area contributed by atoms with Gasteiger partial charge in [0.15, 0.2) is 0 Å². The third kappa shape index (κ3) is 5.51. The minimum atomic E-state index is -0.246. The van der Waals surface area contributed by atoms with E-state index in [9.17, 15) is 9.59 Å². The molecule has 4 rings (SSSR count). The van der Waals surface area contributed by atoms with Crippen molar-refractivity contribution in [2.24, 2.45) is 0 Å². The van der Waals surface area contributed by atoms with Gasteiger partial charge in [-0.2, -0.15) is 0 Å². The van der Waals surface area contributed by atoms with Gasteiger partial charge in [-0.05, 0) is 36.6 Å². The molecular weight excluding hydrogens is 426 g/mol. The highest BCUT2D eigenvalue weighted by Gasteiger charge is 2.36. The summed E-state index contributed by atoms with van der Waals surface area (Å²) >= 11 is 0. The quantitative estimate of drug-likeness (QED) is 0.496. The molecule has 0 saturated carbocycles. The summed E-state index contributed by atoms with van der Waals surface area (Å²) in [5, 5.41) is 0. The van der Waals surface area contributed by atoms with Crippen LogP contribution in [0.2, 0.25) is 0 Å². The van der Waals surface area contributed by atoms with Crippen LogP contribution in [-0.4, -0.2) is 58.9 Å². The topological polar surface area (TPSA) is 62.7 Å². The first kappa shape index (κ1) is 23.6. The Morgan fingerprint density at radius 1 is 1.00 bits per heavy atom. The van der Waals surface area contributed by atoms with Crippen LogP contribution in [0, 0.1) is 6.92 Å². The summed E-state index contributed by atoms with van der Waals surface area (Å²) in [5.74, 6) is -0.301. The Bertz CT molecular complexity index is 1060. The van der Waals surface area contributed by atoms with E-state index in [1.807, 2.05) is 61.2 Å². The predicted molar refractivity (Wildman–Crippen MR) is 131 cm³/mol. The highest BCUT2D eigenvalue weighted by molar-refractivity contribution is 5.94. The number of aryl methyl sites for hydroxylation is 1. The van der Waals surface area contributed by atoms with Crippen LogP contribution in [-0.2, 0) is 9.53 Å². The number of hydrogen-bond donors (Lipinski definition) is 0. The highest BCUT2D eigenvalue weighted by Crippen LogP contribution is 2.33. The van der Waals surface area contributed by atoms with Gasteiger partial charge < -0.3 is 9.64 Å². The molecule has 1 amide bonds. The summed E-state index contributed by atoms with van der Waals surface area (Å²) in [7, 11) is 0. The lowest BCUT2D eigenvalue weighted by Crippen LogP contribution is -2.56. The largest absolute Gasteiger partial charge is 0.466 e. The number of rotatable bonds is 7. The first-order chi connectivity index (χ1) is 16.6. The zero-order valence-corrected chi connectivity index (χ0v) is 19.8. The molecule has 1 aliphatic rings. The summed E-state index contributed by atoms with van der Waals surface area (Å²) in [6.07, 6.45) is 3.57. The van der Waals surface area contributed by atoms with Crippen LogP contribution >= 0.6 is 0 Å². The molecule has 0 N–H and O–H groups in total. The number of piperazine rings is 1. The molecule has 0 spiro atoms. The maximum Gasteiger partial charge on any atom is 0.307 e. The summed E-state index contributed by atoms with van der Waals surface area (Å²) in [4.78, 5) is 34.2. The summed E-state index contributed by atoms with van der Waals surface area (Å²) < 4.78 is 5.30. The van der Waals surface area contributed by atoms with Gasteiger partial charge in [-0.1, -0.05) is 60.7 Å². The summed E-state index contributed by atoms with van der Waals surface area (Å²) in [6.45, 7) is 5.74. The van der Waals surface area contributed by atoms with Crippen molar-refractivity contribution in [1.29, 1.82) is 0 Å². The molecule has 1 atom stereocenters. The Hall–Kier alpha value is -3.51. The predicted octanol–water partition coefficient (Wildman–Crippen LogP) is 4.26. The van der Waals surface area contributed by atoms with Crippen LogP contribution in [0.15, 0.2) is 79.1 Å². The van der Waals surface area contributed by atoms with Crippen LogP contribution in [0.5, 0.6) is 0 Å². The number of esters is 1. The second kappa shape index (κ2) is 11.1. The molecule has 3 aromatic rings. The molecule has 1 aliphatic heterocycles. The number of aromatic nitrogens is 1. The van der Waals surface area contributed by atoms with Crippen molar-refractivity contribution in [1.82, 2.24) is 14.8 Å². The van der Waals surface area contributed by atoms with Gasteiger partial charge in [-0.3, -0.25) is 19.5 Å². The number of benzene rings is 2. The number of ether oxygens (including phenoxy) is 1. The van der Waals surface area contributed by atoms with Gasteiger partial charge in [-0.25, -0.2) is 0 Å². The van der Waals surface area contributed by atoms with Gasteiger partial charge in [0.05, 0.1) is 24.6 Å². The van der Waals surface area contributed by atoms with E-state index in [0.717, 1.165) is 16.7 Å². The maximum atomic E-state index is 13.3. The van der Waals surface area contributed by atoms with Crippen molar-refractivity contribution in [3.63, 3.8) is 0 Å². The molecule has 34 heavy (non-hydrogen) atoms. The fraction of sp³-hybridized carbons (Fsp3) is 0.321. The number of amides is 1. The highest BCUT2D eigenvalue weighted by atomic mass is 16.5. The van der Waals surface area contributed by atoms with Crippen LogP contribution < -0.4 is 0 Å². The zero-order valence-electron chi connectivity index (χ0n) is 19.8. The molecule has 1 saturated heterocycles. The molecule has 1 aromatic heterocycles. The van der Waals surface area contributed by atoms with E-state index in [1.165, 1.54) is 0 Å². The third-order valence-electron chi connectivity index (χ3n) is 6.21. The van der Waals surface area contributed by atoms with Crippen molar-refractivity contribution in [3.05, 3.63) is 101 Å². The molecule has 6 heteroatoms. The first-order valence-corrected chi connectivity index (χ1v) is 11.8. The van der Waals surface area contributed by atoms with E-state index < -0.39 is 0 Å². The minimum Gasteiger partial charge on any atom is -0.466 e. The smallest absolute Gasteiger partial charge is 0.307 e. The molecule has 1 fully saturated rings. The normalized spacial score (nSPS) is 16.4. The Balaban J connectivity index is 1.66. The lowest BCUT2D eigenvalue weighted by molar-refractivity contribution is -0.145. The molecule has 2 aromatic carbocycles. The molecule has 0 aliphatic carbocycles. The van der Waals surface area contributed by atoms with E-state index in [4.69, 9.17) is 4.74 Å². The molecule has 2 heterocycles. The van der Waals surface area contributed by atoms with Crippen LogP contribution in [0.4, 0.5) is 0 Å². The van der Waals surface area contributed by atoms with Gasteiger partial charge in [0.2, 0.25) is 0 Å². The number of nitrogens with zero attached hydrogens (tertiary/aromatic N) is 3. The van der Waals surface area contributed by atoms with Gasteiger partial charge >= 0.3 is 5.97 Å². The molecule has 6 nitrogen and oxygen atoms in total. The second-order valence-corrected chi connectivity index (χ2v) is 8.63. The molecule has 0 bridgehead atoms. The van der Waals surface area contributed by atoms with E-state index in [0.29, 0.717) is 31.8 Å². The van der Waals surface area contributed by atoms with Gasteiger partial charge in [-0.15, -0.1) is 0 Å². The van der Waals surface area contributed by atoms with Crippen molar-refractivity contribution in [2.45, 2.75) is 32.4 Å². The van der Waals surface area contributed by atoms with Crippen molar-refractivity contribution in [3.8, 4) is 0 Å². The van der Waals surface area contributed by atoms with Crippen molar-refractivity contribution in [2.75, 3.05) is 26.2 Å². The minimum absolute atomic E-state index is 0.0280. The molecular formula is C28H31N3O3. The first-order valence-electron chi connectivity index (χ1n) is 11.8. The second-order valence-electron chi connectivity index (χ2n) is 8.63. The van der Waals surface area contributed by atoms with Crippen LogP contribution in [0.25, 0.3) is 0 Å². The number of pyridine rings is 1. The lowest BCUT2D eigenvalue weighted by Gasteiger charge is -2.45. The van der Waals surface area contributed by atoms with E-state index in [2.05, 4.69) is 34.1 Å². The fourth-order valence-corrected chi connectivity index (χ4v) is 4.69. The third-order valence-corrected chi connectivity index (χ3v) is 6.21. The average Bonchev–Trinajstić information content (AvgIpc) is 2.86. The zero-order chi connectivity index (χ0) is 23.9. The lowest BCUT2D eigenvalue weighted by atomic mass is 9.93. The molecule has 0 radical (unpaired) electrons. The monoisotopic (exact) mass is 457 g/mol. The van der Waals surface area contributed by atoms with Crippen molar-refractivity contribution < 1.29 is 14.3 Å². The van der Waals surface area contributed by atoms with Crippen LogP contribution in [0.1, 0.15) is 46.4 Å². The Kier molecular flexibility index (Phi) is 7.70. The van der Waals surface area contributed by atoms with Gasteiger partial charge in [0.1, 0.15) is 0 Å². The number of hydrogen-bond acceptors (Lipinski definition) is 5. The average molecular weight is 458 g/mol. The van der Waals surface area contributed by atoms with E-state index in [-0.39, 0.29) is 30.4 Å². The fourth-order valence-electron chi connectivity index (χ4n) is 4.69. The van der Waals surface area contributed by atoms with Gasteiger partial charge in [0.25, 0.3) is 5.91 Å². The summed E-state index contributed by atoms with van der Waals surface area (Å²) in [5.41, 5.74) is 3.84. The Morgan fingerprint density at radius 3 is 2.24 bits per heavy atom. The van der Waals surface area contributed by atoms with Crippen LogP contribution in [0.3, 0.4) is 0 Å². The Morgan fingerprint density at radius 2 is 1.65 bits per heavy atom. The number of carbonyl (C=O) groups is 2. The standard InChI is InChI=1S/C28H31N3O3/c1-3-34-26(32)17-25-20-30(28(33)24-16-21(2)18-29-19-24)14-15-31(25)27(22-10-6-4-7-11-22)23-12-8-5-9-13-23/h4-13,16,18-19,25,27H,3,14-15,17,20H2,1-2H3/t25-/m1/s1. The SMILES string of the molecule is CCOC(=O)C[C@@H]1CN(C(=O)c2cncc(C)c2)CCN1C(c1ccccc1)c1ccccc1. The van der Waals surface area contributed by atoms with Gasteiger partial charge in [0, 0.05) is 38.1 Å². The maximum absolute atomic E-state index is 13.3. The molecule has 0 unspecified atom stereocenters. The summed E-state index contributed by atoms with van der Waals surface area (Å²) in [6, 6.07) is 22.3. The molecule has 176 valence electrons. The Labute approximate surface area is 201 Å². The van der Waals surface area contributed by atoms with Crippen molar-refractivity contribution >= 4 is 11.9 Å². The van der Waals surface area contributed by atoms with E-state index in [1.54, 1.807) is 12.4 Å².